The predicted octanol–water partition coefficient (Wildman–Crippen LogP) is -0.210. The van der Waals surface area contributed by atoms with Crippen LogP contribution in [0.2, 0.25) is 0 Å². The SMILES string of the molecule is COCc1noc(C2(N)CCOC2)n1. The lowest BCUT2D eigenvalue weighted by atomic mass is 10.0. The van der Waals surface area contributed by atoms with Gasteiger partial charge in [-0.1, -0.05) is 5.16 Å². The minimum atomic E-state index is -0.612. The molecular weight excluding hydrogens is 186 g/mol. The zero-order valence-corrected chi connectivity index (χ0v) is 8.02. The van der Waals surface area contributed by atoms with Crippen LogP contribution in [0.1, 0.15) is 18.1 Å². The van der Waals surface area contributed by atoms with E-state index in [4.69, 9.17) is 19.7 Å². The summed E-state index contributed by atoms with van der Waals surface area (Å²) in [6, 6.07) is 0. The highest BCUT2D eigenvalue weighted by Gasteiger charge is 2.38. The fourth-order valence-electron chi connectivity index (χ4n) is 1.39. The summed E-state index contributed by atoms with van der Waals surface area (Å²) < 4.78 is 15.1. The summed E-state index contributed by atoms with van der Waals surface area (Å²) in [5.74, 6) is 0.946. The number of ether oxygens (including phenoxy) is 2. The lowest BCUT2D eigenvalue weighted by molar-refractivity contribution is 0.165. The molecule has 6 heteroatoms. The van der Waals surface area contributed by atoms with E-state index in [2.05, 4.69) is 10.1 Å². The molecule has 1 unspecified atom stereocenters. The highest BCUT2D eigenvalue weighted by Crippen LogP contribution is 2.25. The Morgan fingerprint density at radius 1 is 1.64 bits per heavy atom. The van der Waals surface area contributed by atoms with Crippen molar-refractivity contribution in [2.45, 2.75) is 18.6 Å². The molecule has 0 saturated carbocycles. The average molecular weight is 199 g/mol. The van der Waals surface area contributed by atoms with E-state index in [9.17, 15) is 0 Å². The second-order valence-electron chi connectivity index (χ2n) is 3.41. The lowest BCUT2D eigenvalue weighted by Gasteiger charge is -2.14. The third-order valence-electron chi connectivity index (χ3n) is 2.22. The van der Waals surface area contributed by atoms with E-state index >= 15 is 0 Å². The molecule has 14 heavy (non-hydrogen) atoms. The van der Waals surface area contributed by atoms with Crippen LogP contribution in [0, 0.1) is 0 Å². The molecule has 0 aliphatic carbocycles. The topological polar surface area (TPSA) is 83.4 Å². The van der Waals surface area contributed by atoms with Crippen molar-refractivity contribution in [2.24, 2.45) is 5.73 Å². The third-order valence-corrected chi connectivity index (χ3v) is 2.22. The van der Waals surface area contributed by atoms with Crippen LogP contribution in [0.5, 0.6) is 0 Å². The van der Waals surface area contributed by atoms with Crippen molar-refractivity contribution in [3.63, 3.8) is 0 Å². The van der Waals surface area contributed by atoms with Crippen LogP contribution in [0.3, 0.4) is 0 Å². The van der Waals surface area contributed by atoms with Crippen molar-refractivity contribution in [1.29, 1.82) is 0 Å². The summed E-state index contributed by atoms with van der Waals surface area (Å²) in [5.41, 5.74) is 5.42. The maximum atomic E-state index is 6.03. The van der Waals surface area contributed by atoms with Crippen molar-refractivity contribution in [1.82, 2.24) is 10.1 Å². The molecule has 6 nitrogen and oxygen atoms in total. The minimum absolute atomic E-state index is 0.334. The zero-order chi connectivity index (χ0) is 10.0. The molecule has 0 radical (unpaired) electrons. The Balaban J connectivity index is 2.15. The average Bonchev–Trinajstić information content (AvgIpc) is 2.75. The standard InChI is InChI=1S/C8H13N3O3/c1-12-4-6-10-7(14-11-6)8(9)2-3-13-5-8/h2-5,9H2,1H3. The minimum Gasteiger partial charge on any atom is -0.379 e. The van der Waals surface area contributed by atoms with Crippen molar-refractivity contribution in [3.8, 4) is 0 Å². The Kier molecular flexibility index (Phi) is 2.49. The molecule has 0 aromatic carbocycles. The van der Waals surface area contributed by atoms with E-state index in [-0.39, 0.29) is 0 Å². The van der Waals surface area contributed by atoms with Crippen LogP contribution < -0.4 is 5.73 Å². The molecule has 1 fully saturated rings. The maximum absolute atomic E-state index is 6.03. The van der Waals surface area contributed by atoms with E-state index < -0.39 is 5.54 Å². The summed E-state index contributed by atoms with van der Waals surface area (Å²) in [5, 5.41) is 3.75. The summed E-state index contributed by atoms with van der Waals surface area (Å²) in [6.07, 6.45) is 0.710. The first-order valence-electron chi connectivity index (χ1n) is 4.43. The van der Waals surface area contributed by atoms with Gasteiger partial charge in [-0.25, -0.2) is 0 Å². The van der Waals surface area contributed by atoms with E-state index in [0.29, 0.717) is 38.0 Å². The van der Waals surface area contributed by atoms with Gasteiger partial charge < -0.3 is 19.7 Å². The fourth-order valence-corrected chi connectivity index (χ4v) is 1.39. The predicted molar refractivity (Wildman–Crippen MR) is 46.3 cm³/mol. The highest BCUT2D eigenvalue weighted by atomic mass is 16.5. The van der Waals surface area contributed by atoms with Gasteiger partial charge in [0.15, 0.2) is 5.82 Å². The molecular formula is C8H13N3O3. The Morgan fingerprint density at radius 3 is 3.14 bits per heavy atom. The van der Waals surface area contributed by atoms with Gasteiger partial charge in [-0.15, -0.1) is 0 Å². The number of methoxy groups -OCH3 is 1. The van der Waals surface area contributed by atoms with Crippen molar-refractivity contribution < 1.29 is 14.0 Å². The molecule has 0 spiro atoms. The first-order valence-corrected chi connectivity index (χ1v) is 4.43. The van der Waals surface area contributed by atoms with Gasteiger partial charge >= 0.3 is 0 Å². The first kappa shape index (κ1) is 9.57. The Bertz CT molecular complexity index is 307. The van der Waals surface area contributed by atoms with Gasteiger partial charge in [-0.05, 0) is 6.42 Å². The van der Waals surface area contributed by atoms with Crippen molar-refractivity contribution in [2.75, 3.05) is 20.3 Å². The van der Waals surface area contributed by atoms with Gasteiger partial charge in [0, 0.05) is 13.7 Å². The molecule has 2 N–H and O–H groups in total. The monoisotopic (exact) mass is 199 g/mol. The fraction of sp³-hybridized carbons (Fsp3) is 0.750. The number of aromatic nitrogens is 2. The van der Waals surface area contributed by atoms with E-state index in [1.54, 1.807) is 7.11 Å². The number of hydrogen-bond donors (Lipinski definition) is 1. The van der Waals surface area contributed by atoms with Crippen LogP contribution in [-0.2, 0) is 21.6 Å². The maximum Gasteiger partial charge on any atom is 0.249 e. The van der Waals surface area contributed by atoms with Crippen molar-refractivity contribution in [3.05, 3.63) is 11.7 Å². The number of hydrogen-bond acceptors (Lipinski definition) is 6. The molecule has 0 amide bonds. The number of nitrogens with two attached hydrogens (primary N) is 1. The molecule has 0 bridgehead atoms. The van der Waals surface area contributed by atoms with Gasteiger partial charge in [0.05, 0.1) is 6.61 Å². The molecule has 1 saturated heterocycles. The highest BCUT2D eigenvalue weighted by molar-refractivity contribution is 5.04. The van der Waals surface area contributed by atoms with Gasteiger partial charge in [0.25, 0.3) is 0 Å². The second kappa shape index (κ2) is 3.64. The van der Waals surface area contributed by atoms with Crippen LogP contribution in [-0.4, -0.2) is 30.5 Å². The largest absolute Gasteiger partial charge is 0.379 e. The van der Waals surface area contributed by atoms with E-state index in [1.807, 2.05) is 0 Å². The number of nitrogens with zero attached hydrogens (tertiary/aromatic N) is 2. The van der Waals surface area contributed by atoms with Gasteiger partial charge in [0.1, 0.15) is 12.1 Å². The Morgan fingerprint density at radius 2 is 2.50 bits per heavy atom. The quantitative estimate of drug-likeness (QED) is 0.725. The van der Waals surface area contributed by atoms with Crippen LogP contribution >= 0.6 is 0 Å². The van der Waals surface area contributed by atoms with Gasteiger partial charge in [-0.3, -0.25) is 0 Å². The summed E-state index contributed by atoms with van der Waals surface area (Å²) in [4.78, 5) is 4.15. The van der Waals surface area contributed by atoms with Gasteiger partial charge in [-0.2, -0.15) is 4.98 Å². The molecule has 2 heterocycles. The molecule has 1 aromatic heterocycles. The summed E-state index contributed by atoms with van der Waals surface area (Å²) in [7, 11) is 1.58. The van der Waals surface area contributed by atoms with Crippen LogP contribution in [0.4, 0.5) is 0 Å². The first-order chi connectivity index (χ1) is 6.74. The van der Waals surface area contributed by atoms with E-state index in [1.165, 1.54) is 0 Å². The number of rotatable bonds is 3. The summed E-state index contributed by atoms with van der Waals surface area (Å²) >= 11 is 0. The Hall–Kier alpha value is -0.980. The molecule has 78 valence electrons. The zero-order valence-electron chi connectivity index (χ0n) is 8.02. The van der Waals surface area contributed by atoms with Crippen LogP contribution in [0.15, 0.2) is 4.52 Å². The molecule has 1 aromatic rings. The van der Waals surface area contributed by atoms with Gasteiger partial charge in [0.2, 0.25) is 5.89 Å². The lowest BCUT2D eigenvalue weighted by Crippen LogP contribution is -2.37. The second-order valence-corrected chi connectivity index (χ2v) is 3.41. The smallest absolute Gasteiger partial charge is 0.249 e. The normalized spacial score (nSPS) is 27.0. The van der Waals surface area contributed by atoms with Crippen molar-refractivity contribution >= 4 is 0 Å². The molecule has 2 rings (SSSR count). The summed E-state index contributed by atoms with van der Waals surface area (Å²) in [6.45, 7) is 1.40. The van der Waals surface area contributed by atoms with Crippen LogP contribution in [0.25, 0.3) is 0 Å². The molecule has 1 aliphatic heterocycles. The third kappa shape index (κ3) is 1.63. The molecule has 1 aliphatic rings. The Labute approximate surface area is 81.4 Å². The van der Waals surface area contributed by atoms with E-state index in [0.717, 1.165) is 0 Å². The molecule has 1 atom stereocenters.